The molecule has 2 aliphatic rings. The van der Waals surface area contributed by atoms with Crippen molar-refractivity contribution in [3.8, 4) is 44.5 Å². The molecule has 0 spiro atoms. The van der Waals surface area contributed by atoms with Gasteiger partial charge in [-0.3, -0.25) is 0 Å². The SMILES string of the molecule is CC1(C)c2ccccc2-c2ccc(N(c3ccc(-c4cccc5ccccc45)cc3-c3ccccc3)c3cccc4c3-c3ccccc3C4(C)C)cc21. The van der Waals surface area contributed by atoms with Gasteiger partial charge in [-0.05, 0) is 96.7 Å². The number of anilines is 3. The van der Waals surface area contributed by atoms with Gasteiger partial charge in [-0.1, -0.05) is 173 Å². The summed E-state index contributed by atoms with van der Waals surface area (Å²) in [5, 5.41) is 2.51. The van der Waals surface area contributed by atoms with E-state index in [9.17, 15) is 0 Å². The van der Waals surface area contributed by atoms with Crippen LogP contribution < -0.4 is 4.90 Å². The van der Waals surface area contributed by atoms with Crippen LogP contribution in [0.5, 0.6) is 0 Å². The molecule has 0 aromatic heterocycles. The largest absolute Gasteiger partial charge is 0.309 e. The van der Waals surface area contributed by atoms with Crippen LogP contribution in [0.2, 0.25) is 0 Å². The topological polar surface area (TPSA) is 3.24 Å². The van der Waals surface area contributed by atoms with Crippen LogP contribution in [0.25, 0.3) is 55.3 Å². The van der Waals surface area contributed by atoms with Crippen molar-refractivity contribution in [1.29, 1.82) is 0 Å². The zero-order valence-electron chi connectivity index (χ0n) is 30.7. The number of hydrogen-bond acceptors (Lipinski definition) is 1. The summed E-state index contributed by atoms with van der Waals surface area (Å²) in [7, 11) is 0. The molecule has 1 heteroatoms. The molecule has 0 unspecified atom stereocenters. The summed E-state index contributed by atoms with van der Waals surface area (Å²) in [4.78, 5) is 2.55. The Morgan fingerprint density at radius 3 is 1.79 bits per heavy atom. The van der Waals surface area contributed by atoms with E-state index in [-0.39, 0.29) is 10.8 Å². The molecular formula is C52H41N. The smallest absolute Gasteiger partial charge is 0.0543 e. The average Bonchev–Trinajstić information content (AvgIpc) is 3.58. The molecular weight excluding hydrogens is 639 g/mol. The fraction of sp³-hybridized carbons (Fsp3) is 0.115. The van der Waals surface area contributed by atoms with Crippen LogP contribution in [0, 0.1) is 0 Å². The zero-order valence-corrected chi connectivity index (χ0v) is 30.7. The summed E-state index contributed by atoms with van der Waals surface area (Å²) >= 11 is 0. The third-order valence-electron chi connectivity index (χ3n) is 12.1. The Morgan fingerprint density at radius 2 is 0.962 bits per heavy atom. The highest BCUT2D eigenvalue weighted by atomic mass is 15.1. The summed E-state index contributed by atoms with van der Waals surface area (Å²) in [6.07, 6.45) is 0. The van der Waals surface area contributed by atoms with Gasteiger partial charge in [-0.25, -0.2) is 0 Å². The zero-order chi connectivity index (χ0) is 35.9. The van der Waals surface area contributed by atoms with Crippen LogP contribution in [0.1, 0.15) is 49.9 Å². The van der Waals surface area contributed by atoms with Gasteiger partial charge >= 0.3 is 0 Å². The Labute approximate surface area is 312 Å². The molecule has 8 aromatic rings. The molecule has 254 valence electrons. The Bertz CT molecular complexity index is 2730. The van der Waals surface area contributed by atoms with Crippen LogP contribution >= 0.6 is 0 Å². The molecule has 0 radical (unpaired) electrons. The van der Waals surface area contributed by atoms with Gasteiger partial charge in [0.05, 0.1) is 11.4 Å². The molecule has 1 nitrogen and oxygen atoms in total. The Kier molecular flexibility index (Phi) is 6.94. The number of nitrogens with zero attached hydrogens (tertiary/aromatic N) is 1. The molecule has 10 rings (SSSR count). The lowest BCUT2D eigenvalue weighted by Crippen LogP contribution is -2.18. The molecule has 0 N–H and O–H groups in total. The van der Waals surface area contributed by atoms with Gasteiger partial charge in [0.25, 0.3) is 0 Å². The minimum atomic E-state index is -0.124. The lowest BCUT2D eigenvalue weighted by atomic mass is 9.82. The highest BCUT2D eigenvalue weighted by molar-refractivity contribution is 6.01. The molecule has 53 heavy (non-hydrogen) atoms. The maximum atomic E-state index is 2.55. The minimum Gasteiger partial charge on any atom is -0.309 e. The summed E-state index contributed by atoms with van der Waals surface area (Å²) in [5.41, 5.74) is 18.9. The monoisotopic (exact) mass is 679 g/mol. The van der Waals surface area contributed by atoms with Gasteiger partial charge in [0.2, 0.25) is 0 Å². The Hall–Kier alpha value is -6.18. The lowest BCUT2D eigenvalue weighted by Gasteiger charge is -2.32. The van der Waals surface area contributed by atoms with Gasteiger partial charge in [0.15, 0.2) is 0 Å². The second-order valence-corrected chi connectivity index (χ2v) is 15.7. The van der Waals surface area contributed by atoms with Crippen molar-refractivity contribution in [3.63, 3.8) is 0 Å². The number of rotatable bonds is 5. The molecule has 8 aromatic carbocycles. The van der Waals surface area contributed by atoms with E-state index in [1.165, 1.54) is 83.2 Å². The molecule has 0 bridgehead atoms. The van der Waals surface area contributed by atoms with Crippen molar-refractivity contribution < 1.29 is 0 Å². The molecule has 0 amide bonds. The van der Waals surface area contributed by atoms with Crippen molar-refractivity contribution in [2.45, 2.75) is 38.5 Å². The summed E-state index contributed by atoms with van der Waals surface area (Å²) < 4.78 is 0. The molecule has 0 heterocycles. The van der Waals surface area contributed by atoms with Crippen molar-refractivity contribution in [1.82, 2.24) is 0 Å². The lowest BCUT2D eigenvalue weighted by molar-refractivity contribution is 0.660. The fourth-order valence-corrected chi connectivity index (χ4v) is 9.39. The highest BCUT2D eigenvalue weighted by Gasteiger charge is 2.39. The van der Waals surface area contributed by atoms with Crippen LogP contribution in [0.3, 0.4) is 0 Å². The van der Waals surface area contributed by atoms with E-state index in [0.717, 1.165) is 11.4 Å². The Morgan fingerprint density at radius 1 is 0.358 bits per heavy atom. The maximum Gasteiger partial charge on any atom is 0.0543 e. The standard InChI is InChI=1S/C52H41N/c1-51(2)45-25-13-11-22-42(45)50-46(51)26-15-27-49(50)53(37-29-30-41-40-21-10-12-24-44(40)52(3,4)47(41)33-37)48-31-28-36(32-43(48)35-16-6-5-7-17-35)39-23-14-19-34-18-8-9-20-38(34)39/h5-33H,1-4H3. The molecule has 0 saturated heterocycles. The van der Waals surface area contributed by atoms with Gasteiger partial charge in [-0.2, -0.15) is 0 Å². The summed E-state index contributed by atoms with van der Waals surface area (Å²) in [5.74, 6) is 0. The fourth-order valence-electron chi connectivity index (χ4n) is 9.39. The van der Waals surface area contributed by atoms with Gasteiger partial charge in [0.1, 0.15) is 0 Å². The first-order valence-electron chi connectivity index (χ1n) is 18.8. The second kappa shape index (κ2) is 11.7. The van der Waals surface area contributed by atoms with Crippen molar-refractivity contribution >= 4 is 27.8 Å². The minimum absolute atomic E-state index is 0.115. The molecule has 0 atom stereocenters. The first kappa shape index (κ1) is 31.5. The van der Waals surface area contributed by atoms with Gasteiger partial charge in [-0.15, -0.1) is 0 Å². The molecule has 2 aliphatic carbocycles. The number of hydrogen-bond donors (Lipinski definition) is 0. The van der Waals surface area contributed by atoms with E-state index in [4.69, 9.17) is 0 Å². The predicted octanol–water partition coefficient (Wildman–Crippen LogP) is 14.3. The first-order chi connectivity index (χ1) is 25.8. The summed E-state index contributed by atoms with van der Waals surface area (Å²) in [6, 6.07) is 65.4. The number of fused-ring (bicyclic) bond motifs is 7. The van der Waals surface area contributed by atoms with E-state index < -0.39 is 0 Å². The second-order valence-electron chi connectivity index (χ2n) is 15.7. The van der Waals surface area contributed by atoms with Crippen molar-refractivity contribution in [2.24, 2.45) is 0 Å². The van der Waals surface area contributed by atoms with E-state index in [2.05, 4.69) is 209 Å². The van der Waals surface area contributed by atoms with Crippen LogP contribution in [-0.4, -0.2) is 0 Å². The molecule has 0 saturated carbocycles. The van der Waals surface area contributed by atoms with E-state index in [1.807, 2.05) is 0 Å². The summed E-state index contributed by atoms with van der Waals surface area (Å²) in [6.45, 7) is 9.49. The quantitative estimate of drug-likeness (QED) is 0.175. The maximum absolute atomic E-state index is 2.55. The third kappa shape index (κ3) is 4.70. The van der Waals surface area contributed by atoms with Crippen molar-refractivity contribution in [3.05, 3.63) is 198 Å². The van der Waals surface area contributed by atoms with E-state index >= 15 is 0 Å². The van der Waals surface area contributed by atoms with Crippen LogP contribution in [-0.2, 0) is 10.8 Å². The average molecular weight is 680 g/mol. The third-order valence-corrected chi connectivity index (χ3v) is 12.1. The number of benzene rings is 8. The first-order valence-corrected chi connectivity index (χ1v) is 18.8. The van der Waals surface area contributed by atoms with Crippen LogP contribution in [0.4, 0.5) is 17.1 Å². The van der Waals surface area contributed by atoms with Crippen molar-refractivity contribution in [2.75, 3.05) is 4.90 Å². The normalized spacial score (nSPS) is 14.3. The molecule has 0 fully saturated rings. The molecule has 0 aliphatic heterocycles. The highest BCUT2D eigenvalue weighted by Crippen LogP contribution is 2.56. The van der Waals surface area contributed by atoms with Gasteiger partial charge < -0.3 is 4.90 Å². The van der Waals surface area contributed by atoms with E-state index in [1.54, 1.807) is 0 Å². The van der Waals surface area contributed by atoms with E-state index in [0.29, 0.717) is 0 Å². The predicted molar refractivity (Wildman–Crippen MR) is 225 cm³/mol. The van der Waals surface area contributed by atoms with Crippen LogP contribution in [0.15, 0.2) is 176 Å². The Balaban J connectivity index is 1.27. The van der Waals surface area contributed by atoms with Gasteiger partial charge in [0, 0.05) is 27.6 Å².